The Kier molecular flexibility index (Phi) is 5.06. The summed E-state index contributed by atoms with van der Waals surface area (Å²) in [4.78, 5) is 43.7. The lowest BCUT2D eigenvalue weighted by Crippen LogP contribution is -2.52. The van der Waals surface area contributed by atoms with Gasteiger partial charge in [-0.05, 0) is 45.2 Å². The highest BCUT2D eigenvalue weighted by atomic mass is 16.2. The fourth-order valence-corrected chi connectivity index (χ4v) is 3.75. The number of benzene rings is 1. The number of anilines is 1. The second-order valence-electron chi connectivity index (χ2n) is 6.52. The van der Waals surface area contributed by atoms with E-state index in [1.54, 1.807) is 34.1 Å². The molecule has 1 aromatic carbocycles. The zero-order valence-corrected chi connectivity index (χ0v) is 14.9. The minimum atomic E-state index is -0.460. The number of piperidine rings is 1. The highest BCUT2D eigenvalue weighted by molar-refractivity contribution is 6.12. The van der Waals surface area contributed by atoms with Crippen LogP contribution in [-0.2, 0) is 9.59 Å². The Hall–Kier alpha value is -2.37. The van der Waals surface area contributed by atoms with Crippen molar-refractivity contribution in [2.75, 3.05) is 31.1 Å². The zero-order chi connectivity index (χ0) is 18.0. The lowest BCUT2D eigenvalue weighted by Gasteiger charge is -2.34. The van der Waals surface area contributed by atoms with E-state index in [0.29, 0.717) is 37.3 Å². The van der Waals surface area contributed by atoms with Crippen LogP contribution in [0.15, 0.2) is 24.3 Å². The van der Waals surface area contributed by atoms with Crippen LogP contribution >= 0.6 is 0 Å². The van der Waals surface area contributed by atoms with Crippen molar-refractivity contribution in [1.82, 2.24) is 9.80 Å². The Morgan fingerprint density at radius 3 is 2.60 bits per heavy atom. The van der Waals surface area contributed by atoms with Crippen molar-refractivity contribution in [3.63, 3.8) is 0 Å². The van der Waals surface area contributed by atoms with Gasteiger partial charge >= 0.3 is 0 Å². The minimum Gasteiger partial charge on any atom is -0.342 e. The van der Waals surface area contributed by atoms with Gasteiger partial charge in [-0.25, -0.2) is 0 Å². The molecule has 0 bridgehead atoms. The molecule has 1 unspecified atom stereocenters. The van der Waals surface area contributed by atoms with Gasteiger partial charge in [0.2, 0.25) is 11.8 Å². The van der Waals surface area contributed by atoms with E-state index in [0.717, 1.165) is 12.8 Å². The van der Waals surface area contributed by atoms with Crippen LogP contribution in [0.5, 0.6) is 0 Å². The number of likely N-dealkylation sites (N-methyl/N-ethyl adjacent to an activating group) is 1. The number of para-hydroxylation sites is 1. The summed E-state index contributed by atoms with van der Waals surface area (Å²) in [7, 11) is 0. The van der Waals surface area contributed by atoms with Crippen LogP contribution in [0.3, 0.4) is 0 Å². The van der Waals surface area contributed by atoms with Gasteiger partial charge < -0.3 is 14.7 Å². The maximum absolute atomic E-state index is 13.2. The number of carbonyl (C=O) groups is 3. The monoisotopic (exact) mass is 343 g/mol. The van der Waals surface area contributed by atoms with E-state index in [1.807, 2.05) is 13.8 Å². The molecule has 0 spiro atoms. The van der Waals surface area contributed by atoms with Crippen LogP contribution in [0.1, 0.15) is 43.5 Å². The van der Waals surface area contributed by atoms with E-state index in [2.05, 4.69) is 0 Å². The molecular weight excluding hydrogens is 318 g/mol. The molecule has 2 heterocycles. The van der Waals surface area contributed by atoms with Crippen LogP contribution in [0.25, 0.3) is 0 Å². The largest absolute Gasteiger partial charge is 0.342 e. The third-order valence-corrected chi connectivity index (χ3v) is 5.15. The average Bonchev–Trinajstić information content (AvgIpc) is 2.73. The van der Waals surface area contributed by atoms with Crippen molar-refractivity contribution in [3.8, 4) is 0 Å². The van der Waals surface area contributed by atoms with Gasteiger partial charge in [0.1, 0.15) is 12.6 Å². The van der Waals surface area contributed by atoms with Crippen LogP contribution in [0, 0.1) is 0 Å². The van der Waals surface area contributed by atoms with E-state index in [-0.39, 0.29) is 24.3 Å². The third-order valence-electron chi connectivity index (χ3n) is 5.15. The lowest BCUT2D eigenvalue weighted by molar-refractivity contribution is -0.132. The van der Waals surface area contributed by atoms with Crippen molar-refractivity contribution < 1.29 is 14.4 Å². The number of rotatable bonds is 4. The maximum atomic E-state index is 13.2. The summed E-state index contributed by atoms with van der Waals surface area (Å²) in [5.41, 5.74) is 1.06. The molecule has 2 aliphatic rings. The summed E-state index contributed by atoms with van der Waals surface area (Å²) in [6.07, 6.45) is 2.50. The fourth-order valence-electron chi connectivity index (χ4n) is 3.75. The summed E-state index contributed by atoms with van der Waals surface area (Å²) in [5, 5.41) is 0. The lowest BCUT2D eigenvalue weighted by atomic mass is 10.0. The highest BCUT2D eigenvalue weighted by Gasteiger charge is 2.41. The predicted octanol–water partition coefficient (Wildman–Crippen LogP) is 1.90. The standard InChI is InChI=1S/C19H25N3O3/c1-3-20(4-2)17(23)13-22-15-10-6-5-9-14(15)18(24)21-12-8-7-11-16(21)19(22)25/h5-6,9-10,16H,3-4,7-8,11-13H2,1-2H3. The van der Waals surface area contributed by atoms with Crippen molar-refractivity contribution in [3.05, 3.63) is 29.8 Å². The minimum absolute atomic E-state index is 0.0187. The molecule has 2 aliphatic heterocycles. The maximum Gasteiger partial charge on any atom is 0.256 e. The zero-order valence-electron chi connectivity index (χ0n) is 14.9. The topological polar surface area (TPSA) is 60.9 Å². The molecule has 1 saturated heterocycles. The second kappa shape index (κ2) is 7.25. The third kappa shape index (κ3) is 3.13. The number of nitrogens with zero attached hydrogens (tertiary/aromatic N) is 3. The molecule has 0 aromatic heterocycles. The summed E-state index contributed by atoms with van der Waals surface area (Å²) < 4.78 is 0. The first-order chi connectivity index (χ1) is 12.1. The molecule has 6 heteroatoms. The average molecular weight is 343 g/mol. The van der Waals surface area contributed by atoms with Crippen LogP contribution in [0.4, 0.5) is 5.69 Å². The van der Waals surface area contributed by atoms with Gasteiger partial charge in [-0.15, -0.1) is 0 Å². The van der Waals surface area contributed by atoms with Crippen molar-refractivity contribution >= 4 is 23.4 Å². The number of fused-ring (bicyclic) bond motifs is 2. The molecular formula is C19H25N3O3. The van der Waals surface area contributed by atoms with Gasteiger partial charge in [0.25, 0.3) is 5.91 Å². The first-order valence-corrected chi connectivity index (χ1v) is 9.07. The molecule has 1 atom stereocenters. The van der Waals surface area contributed by atoms with E-state index in [4.69, 9.17) is 0 Å². The van der Waals surface area contributed by atoms with E-state index >= 15 is 0 Å². The van der Waals surface area contributed by atoms with E-state index in [9.17, 15) is 14.4 Å². The van der Waals surface area contributed by atoms with Crippen molar-refractivity contribution in [2.45, 2.75) is 39.2 Å². The Labute approximate surface area is 148 Å². The van der Waals surface area contributed by atoms with Crippen LogP contribution < -0.4 is 4.90 Å². The number of amides is 3. The number of hydrogen-bond donors (Lipinski definition) is 0. The van der Waals surface area contributed by atoms with Gasteiger partial charge in [0.05, 0.1) is 11.3 Å². The molecule has 3 amide bonds. The SMILES string of the molecule is CCN(CC)C(=O)CN1C(=O)C2CCCCN2C(=O)c2ccccc21. The summed E-state index contributed by atoms with van der Waals surface area (Å²) in [6.45, 7) is 5.63. The molecule has 0 radical (unpaired) electrons. The van der Waals surface area contributed by atoms with Gasteiger partial charge in [0, 0.05) is 19.6 Å². The quantitative estimate of drug-likeness (QED) is 0.839. The Morgan fingerprint density at radius 2 is 1.88 bits per heavy atom. The van der Waals surface area contributed by atoms with Gasteiger partial charge in [-0.3, -0.25) is 14.4 Å². The smallest absolute Gasteiger partial charge is 0.256 e. The second-order valence-corrected chi connectivity index (χ2v) is 6.52. The first-order valence-electron chi connectivity index (χ1n) is 9.07. The first kappa shape index (κ1) is 17.5. The van der Waals surface area contributed by atoms with E-state index in [1.165, 1.54) is 4.90 Å². The normalized spacial score (nSPS) is 20.0. The summed E-state index contributed by atoms with van der Waals surface area (Å²) in [6, 6.07) is 6.66. The number of hydrogen-bond acceptors (Lipinski definition) is 3. The summed E-state index contributed by atoms with van der Waals surface area (Å²) >= 11 is 0. The van der Waals surface area contributed by atoms with Gasteiger partial charge in [-0.1, -0.05) is 12.1 Å². The van der Waals surface area contributed by atoms with Crippen molar-refractivity contribution in [2.24, 2.45) is 0 Å². The number of carbonyl (C=O) groups excluding carboxylic acids is 3. The Balaban J connectivity index is 2.00. The van der Waals surface area contributed by atoms with Crippen LogP contribution in [-0.4, -0.2) is 59.7 Å². The van der Waals surface area contributed by atoms with Gasteiger partial charge in [0.15, 0.2) is 0 Å². The molecule has 0 aliphatic carbocycles. The molecule has 0 N–H and O–H groups in total. The molecule has 1 aromatic rings. The Morgan fingerprint density at radius 1 is 1.16 bits per heavy atom. The predicted molar refractivity (Wildman–Crippen MR) is 95.4 cm³/mol. The highest BCUT2D eigenvalue weighted by Crippen LogP contribution is 2.31. The molecule has 1 fully saturated rings. The molecule has 6 nitrogen and oxygen atoms in total. The molecule has 134 valence electrons. The van der Waals surface area contributed by atoms with Crippen LogP contribution in [0.2, 0.25) is 0 Å². The van der Waals surface area contributed by atoms with Crippen molar-refractivity contribution in [1.29, 1.82) is 0 Å². The summed E-state index contributed by atoms with van der Waals surface area (Å²) in [5.74, 6) is -0.338. The van der Waals surface area contributed by atoms with E-state index < -0.39 is 6.04 Å². The molecule has 3 rings (SSSR count). The molecule has 0 saturated carbocycles. The molecule has 25 heavy (non-hydrogen) atoms. The van der Waals surface area contributed by atoms with Gasteiger partial charge in [-0.2, -0.15) is 0 Å². The fraction of sp³-hybridized carbons (Fsp3) is 0.526. The Bertz CT molecular complexity index is 684.